The first-order valence-corrected chi connectivity index (χ1v) is 22.6. The second-order valence-electron chi connectivity index (χ2n) is 19.8. The highest BCUT2D eigenvalue weighted by atomic mass is 16.5. The second kappa shape index (κ2) is 20.6. The topological polar surface area (TPSA) is 103 Å². The molecule has 2 saturated carbocycles. The zero-order valence-electron chi connectivity index (χ0n) is 38.0. The highest BCUT2D eigenvalue weighted by molar-refractivity contribution is 5.89. The normalized spacial score (nSPS) is 24.1. The lowest BCUT2D eigenvalue weighted by atomic mass is 9.72. The molecular formula is C52H70N2O7. The monoisotopic (exact) mass is 835 g/mol. The molecule has 4 aromatic rings. The van der Waals surface area contributed by atoms with Gasteiger partial charge in [-0.2, -0.15) is 0 Å². The van der Waals surface area contributed by atoms with Gasteiger partial charge in [-0.05, 0) is 157 Å². The molecule has 61 heavy (non-hydrogen) atoms. The van der Waals surface area contributed by atoms with E-state index in [1.54, 1.807) is 0 Å². The Labute approximate surface area is 364 Å². The van der Waals surface area contributed by atoms with Gasteiger partial charge in [-0.3, -0.25) is 19.3 Å². The van der Waals surface area contributed by atoms with Crippen LogP contribution < -0.4 is 14.8 Å². The average molecular weight is 835 g/mol. The van der Waals surface area contributed by atoms with E-state index in [0.717, 1.165) is 98.6 Å². The highest BCUT2D eigenvalue weighted by Gasteiger charge is 2.35. The number of carbonyl (C=O) groups is 3. The van der Waals surface area contributed by atoms with E-state index in [9.17, 15) is 14.4 Å². The van der Waals surface area contributed by atoms with E-state index in [0.29, 0.717) is 28.6 Å². The Kier molecular flexibility index (Phi) is 15.5. The van der Waals surface area contributed by atoms with E-state index in [4.69, 9.17) is 14.2 Å². The van der Waals surface area contributed by atoms with Gasteiger partial charge < -0.3 is 24.3 Å². The molecule has 0 spiro atoms. The van der Waals surface area contributed by atoms with Gasteiger partial charge in [0.1, 0.15) is 29.9 Å². The molecule has 330 valence electrons. The van der Waals surface area contributed by atoms with Gasteiger partial charge in [-0.15, -0.1) is 0 Å². The van der Waals surface area contributed by atoms with Crippen LogP contribution in [0.5, 0.6) is 11.5 Å². The van der Waals surface area contributed by atoms with Crippen LogP contribution in [0.2, 0.25) is 0 Å². The zero-order chi connectivity index (χ0) is 43.7. The van der Waals surface area contributed by atoms with E-state index in [1.807, 2.05) is 30.3 Å². The van der Waals surface area contributed by atoms with Crippen LogP contribution in [-0.2, 0) is 25.6 Å². The molecule has 1 N–H and O–H groups in total. The third kappa shape index (κ3) is 12.6. The fraction of sp³-hybridized carbons (Fsp3) is 0.558. The van der Waals surface area contributed by atoms with Gasteiger partial charge in [0.25, 0.3) is 0 Å². The smallest absolute Gasteiger partial charge is 0.323 e. The molecule has 9 nitrogen and oxygen atoms in total. The SMILES string of the molecule is CC(C)(C)C1CCC(Oc2ccc3cc(C=O)ccc3c2)CC1.COC(=O)C1CCN1.COC(=O)C1CCN1Cc1ccc2cc(OC3CCC(C(C)(C)C)CC3)ccc2c1. The summed E-state index contributed by atoms with van der Waals surface area (Å²) in [5.41, 5.74) is 2.75. The molecule has 4 aliphatic rings. The largest absolute Gasteiger partial charge is 0.490 e. The lowest BCUT2D eigenvalue weighted by molar-refractivity contribution is -0.152. The molecule has 8 rings (SSSR count). The molecule has 2 unspecified atom stereocenters. The molecule has 4 fully saturated rings. The number of esters is 2. The van der Waals surface area contributed by atoms with Crippen LogP contribution >= 0.6 is 0 Å². The summed E-state index contributed by atoms with van der Waals surface area (Å²) < 4.78 is 21.9. The van der Waals surface area contributed by atoms with E-state index in [1.165, 1.54) is 56.2 Å². The number of nitrogens with one attached hydrogen (secondary N) is 1. The first-order valence-electron chi connectivity index (χ1n) is 22.6. The van der Waals surface area contributed by atoms with Crippen LogP contribution in [-0.4, -0.2) is 74.7 Å². The summed E-state index contributed by atoms with van der Waals surface area (Å²) in [5, 5.41) is 7.54. The Morgan fingerprint density at radius 1 is 0.623 bits per heavy atom. The van der Waals surface area contributed by atoms with E-state index < -0.39 is 0 Å². The Morgan fingerprint density at radius 3 is 1.51 bits per heavy atom. The molecular weight excluding hydrogens is 765 g/mol. The van der Waals surface area contributed by atoms with E-state index in [2.05, 4.69) is 99.0 Å². The number of benzene rings is 4. The number of nitrogens with zero attached hydrogens (tertiary/aromatic N) is 1. The summed E-state index contributed by atoms with van der Waals surface area (Å²) in [6.45, 7) is 16.8. The first-order chi connectivity index (χ1) is 29.1. The van der Waals surface area contributed by atoms with Crippen molar-refractivity contribution in [2.45, 2.75) is 137 Å². The Balaban J connectivity index is 0.000000177. The minimum absolute atomic E-state index is 0.0139. The number of aldehydes is 1. The van der Waals surface area contributed by atoms with Gasteiger partial charge >= 0.3 is 11.9 Å². The molecule has 0 radical (unpaired) electrons. The summed E-state index contributed by atoms with van der Waals surface area (Å²) in [6.07, 6.45) is 13.0. The molecule has 2 heterocycles. The Bertz CT molecular complexity index is 2080. The van der Waals surface area contributed by atoms with Crippen molar-refractivity contribution >= 4 is 39.8 Å². The number of rotatable bonds is 9. The van der Waals surface area contributed by atoms with Gasteiger partial charge in [-0.1, -0.05) is 77.9 Å². The fourth-order valence-corrected chi connectivity index (χ4v) is 9.21. The van der Waals surface area contributed by atoms with Gasteiger partial charge in [0.2, 0.25) is 0 Å². The quantitative estimate of drug-likeness (QED) is 0.130. The molecule has 0 bridgehead atoms. The van der Waals surface area contributed by atoms with Gasteiger partial charge in [0, 0.05) is 18.7 Å². The highest BCUT2D eigenvalue weighted by Crippen LogP contribution is 2.40. The predicted octanol–water partition coefficient (Wildman–Crippen LogP) is 10.7. The number of hydrogen-bond acceptors (Lipinski definition) is 9. The molecule has 2 aliphatic carbocycles. The predicted molar refractivity (Wildman–Crippen MR) is 244 cm³/mol. The maximum Gasteiger partial charge on any atom is 0.323 e. The van der Waals surface area contributed by atoms with Crippen molar-refractivity contribution in [1.29, 1.82) is 0 Å². The molecule has 9 heteroatoms. The molecule has 0 amide bonds. The van der Waals surface area contributed by atoms with Crippen LogP contribution in [0.4, 0.5) is 0 Å². The van der Waals surface area contributed by atoms with Crippen LogP contribution in [0.3, 0.4) is 0 Å². The maximum atomic E-state index is 11.8. The van der Waals surface area contributed by atoms with Crippen molar-refractivity contribution in [3.8, 4) is 11.5 Å². The number of fused-ring (bicyclic) bond motifs is 2. The summed E-state index contributed by atoms with van der Waals surface area (Å²) >= 11 is 0. The zero-order valence-corrected chi connectivity index (χ0v) is 38.0. The van der Waals surface area contributed by atoms with Crippen LogP contribution in [0.25, 0.3) is 21.5 Å². The lowest BCUT2D eigenvalue weighted by Crippen LogP contribution is -2.52. The van der Waals surface area contributed by atoms with Gasteiger partial charge in [0.05, 0.1) is 26.4 Å². The third-order valence-corrected chi connectivity index (χ3v) is 13.6. The summed E-state index contributed by atoms with van der Waals surface area (Å²) in [6, 6.07) is 24.8. The van der Waals surface area contributed by atoms with Crippen molar-refractivity contribution in [3.05, 3.63) is 83.9 Å². The fourth-order valence-electron chi connectivity index (χ4n) is 9.21. The number of likely N-dealkylation sites (tertiary alicyclic amines) is 1. The summed E-state index contributed by atoms with van der Waals surface area (Å²) in [7, 11) is 2.87. The van der Waals surface area contributed by atoms with E-state index in [-0.39, 0.29) is 24.0 Å². The summed E-state index contributed by atoms with van der Waals surface area (Å²) in [4.78, 5) is 35.3. The van der Waals surface area contributed by atoms with Crippen molar-refractivity contribution in [2.75, 3.05) is 27.3 Å². The van der Waals surface area contributed by atoms with Crippen molar-refractivity contribution in [2.24, 2.45) is 22.7 Å². The standard InChI is InChI=1S/C26H35NO3.C21H26O2.C5H9NO2/c1-26(2,3)21-8-11-22(12-9-21)30-23-10-7-19-15-18(5-6-20(19)16-23)17-27-14-13-24(27)25(28)29-4;1-21(2,3)18-7-10-19(11-8-18)23-20-9-6-16-12-15(14-22)4-5-17(16)13-20;1-8-5(7)4-2-3-6-4/h5-7,10,15-16,21-22,24H,8-9,11-14,17H2,1-4H3;4-6,9,12-14,18-19H,7-8,10-11H2,1-3H3;4,6H,2-3H2,1H3. The van der Waals surface area contributed by atoms with Crippen molar-refractivity contribution in [1.82, 2.24) is 10.2 Å². The number of carbonyl (C=O) groups excluding carboxylic acids is 3. The number of hydrogen-bond donors (Lipinski definition) is 1. The Hall–Kier alpha value is -4.47. The van der Waals surface area contributed by atoms with Crippen LogP contribution in [0.15, 0.2) is 72.8 Å². The van der Waals surface area contributed by atoms with Gasteiger partial charge in [0.15, 0.2) is 0 Å². The molecule has 2 atom stereocenters. The molecule has 0 aromatic heterocycles. The molecule has 2 saturated heterocycles. The summed E-state index contributed by atoms with van der Waals surface area (Å²) in [5.74, 6) is 3.26. The van der Waals surface area contributed by atoms with E-state index >= 15 is 0 Å². The van der Waals surface area contributed by atoms with Crippen molar-refractivity contribution in [3.63, 3.8) is 0 Å². The van der Waals surface area contributed by atoms with Gasteiger partial charge in [-0.25, -0.2) is 0 Å². The first kappa shape index (κ1) is 46.0. The average Bonchev–Trinajstić information content (AvgIpc) is 3.21. The van der Waals surface area contributed by atoms with Crippen LogP contribution in [0, 0.1) is 22.7 Å². The number of methoxy groups -OCH3 is 2. The Morgan fingerprint density at radius 2 is 1.10 bits per heavy atom. The minimum Gasteiger partial charge on any atom is -0.490 e. The second-order valence-corrected chi connectivity index (χ2v) is 19.8. The minimum atomic E-state index is -0.142. The lowest BCUT2D eigenvalue weighted by Gasteiger charge is -2.38. The van der Waals surface area contributed by atoms with Crippen LogP contribution in [0.1, 0.15) is 122 Å². The molecule has 2 aliphatic heterocycles. The van der Waals surface area contributed by atoms with Crippen molar-refractivity contribution < 1.29 is 33.3 Å². The maximum absolute atomic E-state index is 11.8. The third-order valence-electron chi connectivity index (χ3n) is 13.6. The molecule has 4 aromatic carbocycles. The number of ether oxygens (including phenoxy) is 4.